The number of anilines is 5. The van der Waals surface area contributed by atoms with E-state index in [1.54, 1.807) is 0 Å². The maximum atomic E-state index is 6.23. The Morgan fingerprint density at radius 3 is 1.57 bits per heavy atom. The summed E-state index contributed by atoms with van der Waals surface area (Å²) in [7, 11) is 0. The first-order chi connectivity index (χ1) is 14.4. The average molecular weight is 412 g/mol. The monoisotopic (exact) mass is 411 g/mol. The van der Waals surface area contributed by atoms with Crippen molar-refractivity contribution in [2.75, 3.05) is 47.0 Å². The molecule has 2 aromatic rings. The van der Waals surface area contributed by atoms with Crippen LogP contribution in [0.3, 0.4) is 0 Å². The molecular formula is C21H33N9. The van der Waals surface area contributed by atoms with Crippen LogP contribution in [0.1, 0.15) is 12.8 Å². The van der Waals surface area contributed by atoms with Crippen molar-refractivity contribution < 1.29 is 0 Å². The highest BCUT2D eigenvalue weighted by molar-refractivity contribution is 5.69. The van der Waals surface area contributed by atoms with E-state index >= 15 is 0 Å². The van der Waals surface area contributed by atoms with Crippen LogP contribution in [0.2, 0.25) is 0 Å². The van der Waals surface area contributed by atoms with Crippen molar-refractivity contribution in [3.8, 4) is 0 Å². The third-order valence-electron chi connectivity index (χ3n) is 5.68. The van der Waals surface area contributed by atoms with Gasteiger partial charge in [0.05, 0.1) is 0 Å². The molecule has 2 aliphatic rings. The van der Waals surface area contributed by atoms with E-state index in [4.69, 9.17) is 33.7 Å². The van der Waals surface area contributed by atoms with Crippen molar-refractivity contribution in [3.63, 3.8) is 0 Å². The molecule has 30 heavy (non-hydrogen) atoms. The molecule has 0 radical (unpaired) electrons. The number of aromatic nitrogens is 1. The van der Waals surface area contributed by atoms with Gasteiger partial charge >= 0.3 is 0 Å². The Morgan fingerprint density at radius 2 is 1.13 bits per heavy atom. The SMILES string of the molecule is Nc1ccc(Nc2cc(N3C[C@H](N)C[C@H](N)C3)nc(N3C[C@H](N)C[C@H](N)C3)c2)cc1. The topological polar surface area (TPSA) is 162 Å². The van der Waals surface area contributed by atoms with Gasteiger partial charge in [-0.05, 0) is 37.1 Å². The van der Waals surface area contributed by atoms with Gasteiger partial charge in [-0.2, -0.15) is 0 Å². The van der Waals surface area contributed by atoms with Gasteiger partial charge in [-0.1, -0.05) is 0 Å². The van der Waals surface area contributed by atoms with Crippen molar-refractivity contribution >= 4 is 28.7 Å². The average Bonchev–Trinajstić information content (AvgIpc) is 2.68. The number of pyridine rings is 1. The summed E-state index contributed by atoms with van der Waals surface area (Å²) in [5.74, 6) is 1.70. The maximum Gasteiger partial charge on any atom is 0.133 e. The van der Waals surface area contributed by atoms with E-state index in [0.29, 0.717) is 0 Å². The van der Waals surface area contributed by atoms with Gasteiger partial charge in [0, 0.05) is 79.5 Å². The van der Waals surface area contributed by atoms with E-state index in [0.717, 1.165) is 67.7 Å². The molecule has 2 fully saturated rings. The van der Waals surface area contributed by atoms with Crippen LogP contribution in [-0.4, -0.2) is 55.3 Å². The van der Waals surface area contributed by atoms with Crippen molar-refractivity contribution in [3.05, 3.63) is 36.4 Å². The summed E-state index contributed by atoms with van der Waals surface area (Å²) in [6.07, 6.45) is 1.64. The molecular weight excluding hydrogens is 378 g/mol. The maximum absolute atomic E-state index is 6.23. The van der Waals surface area contributed by atoms with Gasteiger partial charge in [0.25, 0.3) is 0 Å². The Balaban J connectivity index is 1.67. The van der Waals surface area contributed by atoms with E-state index in [2.05, 4.69) is 15.1 Å². The van der Waals surface area contributed by atoms with Crippen molar-refractivity contribution in [2.45, 2.75) is 37.0 Å². The Hall–Kier alpha value is -2.59. The summed E-state index contributed by atoms with van der Waals surface area (Å²) in [4.78, 5) is 9.28. The predicted molar refractivity (Wildman–Crippen MR) is 124 cm³/mol. The highest BCUT2D eigenvalue weighted by Gasteiger charge is 2.27. The van der Waals surface area contributed by atoms with Crippen LogP contribution in [0.4, 0.5) is 28.7 Å². The Bertz CT molecular complexity index is 792. The molecule has 1 aromatic heterocycles. The second-order valence-corrected chi connectivity index (χ2v) is 8.64. The van der Waals surface area contributed by atoms with E-state index in [1.807, 2.05) is 36.4 Å². The molecule has 2 aliphatic heterocycles. The van der Waals surface area contributed by atoms with E-state index < -0.39 is 0 Å². The van der Waals surface area contributed by atoms with Crippen LogP contribution in [-0.2, 0) is 0 Å². The lowest BCUT2D eigenvalue weighted by molar-refractivity contribution is 0.445. The predicted octanol–water partition coefficient (Wildman–Crippen LogP) is 0.137. The lowest BCUT2D eigenvalue weighted by Gasteiger charge is -2.38. The van der Waals surface area contributed by atoms with Crippen LogP contribution >= 0.6 is 0 Å². The molecule has 0 spiro atoms. The summed E-state index contributed by atoms with van der Waals surface area (Å²) in [5.41, 5.74) is 33.3. The fourth-order valence-electron chi connectivity index (χ4n) is 4.36. The Morgan fingerprint density at radius 1 is 0.700 bits per heavy atom. The first-order valence-electron chi connectivity index (χ1n) is 10.5. The summed E-state index contributed by atoms with van der Waals surface area (Å²) < 4.78 is 0. The lowest BCUT2D eigenvalue weighted by Crippen LogP contribution is -2.53. The number of benzene rings is 1. The summed E-state index contributed by atoms with van der Waals surface area (Å²) in [6, 6.07) is 11.8. The Labute approximate surface area is 177 Å². The fourth-order valence-corrected chi connectivity index (χ4v) is 4.36. The zero-order chi connectivity index (χ0) is 21.3. The molecule has 0 saturated carbocycles. The number of nitrogen functional groups attached to an aromatic ring is 1. The number of hydrogen-bond acceptors (Lipinski definition) is 9. The van der Waals surface area contributed by atoms with Gasteiger partial charge in [0.2, 0.25) is 0 Å². The summed E-state index contributed by atoms with van der Waals surface area (Å²) in [6.45, 7) is 2.91. The van der Waals surface area contributed by atoms with Crippen LogP contribution < -0.4 is 43.8 Å². The molecule has 4 atom stereocenters. The molecule has 0 amide bonds. The number of rotatable bonds is 4. The zero-order valence-corrected chi connectivity index (χ0v) is 17.2. The number of nitrogens with zero attached hydrogens (tertiary/aromatic N) is 3. The minimum atomic E-state index is 0.0320. The number of piperidine rings is 2. The van der Waals surface area contributed by atoms with Gasteiger partial charge in [0.15, 0.2) is 0 Å². The second-order valence-electron chi connectivity index (χ2n) is 8.64. The molecule has 9 heteroatoms. The van der Waals surface area contributed by atoms with Crippen LogP contribution in [0.15, 0.2) is 36.4 Å². The second kappa shape index (κ2) is 8.65. The van der Waals surface area contributed by atoms with E-state index in [9.17, 15) is 0 Å². The van der Waals surface area contributed by atoms with Crippen molar-refractivity contribution in [1.82, 2.24) is 4.98 Å². The first kappa shape index (κ1) is 20.7. The molecule has 3 heterocycles. The molecule has 11 N–H and O–H groups in total. The van der Waals surface area contributed by atoms with Crippen molar-refractivity contribution in [1.29, 1.82) is 0 Å². The standard InChI is InChI=1S/C21H33N9/c22-13-1-3-18(4-2-13)27-19-7-20(29-9-14(23)5-15(24)10-29)28-21(8-19)30-11-16(25)6-17(26)12-30/h1-4,7-8,14-17H,5-6,9-12,22-26H2,(H,27,28)/t14-,15+,16-,17+. The molecule has 162 valence electrons. The normalized spacial score (nSPS) is 27.2. The smallest absolute Gasteiger partial charge is 0.133 e. The highest BCUT2D eigenvalue weighted by atomic mass is 15.3. The Kier molecular flexibility index (Phi) is 5.96. The van der Waals surface area contributed by atoms with Gasteiger partial charge in [-0.25, -0.2) is 4.98 Å². The number of nitrogens with two attached hydrogens (primary N) is 5. The molecule has 9 nitrogen and oxygen atoms in total. The van der Waals surface area contributed by atoms with Gasteiger partial charge in [-0.15, -0.1) is 0 Å². The van der Waals surface area contributed by atoms with Crippen LogP contribution in [0.5, 0.6) is 0 Å². The quantitative estimate of drug-likeness (QED) is 0.384. The number of nitrogens with one attached hydrogen (secondary N) is 1. The number of hydrogen-bond donors (Lipinski definition) is 6. The molecule has 0 bridgehead atoms. The fraction of sp³-hybridized carbons (Fsp3) is 0.476. The third-order valence-corrected chi connectivity index (χ3v) is 5.68. The minimum absolute atomic E-state index is 0.0320. The van der Waals surface area contributed by atoms with Crippen LogP contribution in [0, 0.1) is 0 Å². The molecule has 4 rings (SSSR count). The zero-order valence-electron chi connectivity index (χ0n) is 17.2. The molecule has 0 aliphatic carbocycles. The van der Waals surface area contributed by atoms with Gasteiger partial charge in [0.1, 0.15) is 11.6 Å². The summed E-state index contributed by atoms with van der Waals surface area (Å²) in [5, 5.41) is 3.46. The third kappa shape index (κ3) is 4.93. The van der Waals surface area contributed by atoms with Gasteiger partial charge < -0.3 is 43.8 Å². The van der Waals surface area contributed by atoms with Gasteiger partial charge in [-0.3, -0.25) is 0 Å². The highest BCUT2D eigenvalue weighted by Crippen LogP contribution is 2.29. The van der Waals surface area contributed by atoms with Crippen LogP contribution in [0.25, 0.3) is 0 Å². The summed E-state index contributed by atoms with van der Waals surface area (Å²) >= 11 is 0. The molecule has 2 saturated heterocycles. The molecule has 1 aromatic carbocycles. The van der Waals surface area contributed by atoms with E-state index in [-0.39, 0.29) is 24.2 Å². The first-order valence-corrected chi connectivity index (χ1v) is 10.5. The van der Waals surface area contributed by atoms with Crippen molar-refractivity contribution in [2.24, 2.45) is 22.9 Å². The minimum Gasteiger partial charge on any atom is -0.399 e. The largest absolute Gasteiger partial charge is 0.399 e. The lowest BCUT2D eigenvalue weighted by atomic mass is 10.0. The molecule has 0 unspecified atom stereocenters. The van der Waals surface area contributed by atoms with E-state index in [1.165, 1.54) is 0 Å².